The fraction of sp³-hybridized carbons (Fsp3) is 0.421. The van der Waals surface area contributed by atoms with Crippen LogP contribution in [0, 0.1) is 11.2 Å². The number of piperidine rings is 1. The summed E-state index contributed by atoms with van der Waals surface area (Å²) in [6.45, 7) is 2.47. The quantitative estimate of drug-likeness (QED) is 0.843. The minimum absolute atomic E-state index is 0.184. The van der Waals surface area contributed by atoms with Crippen molar-refractivity contribution in [2.24, 2.45) is 5.41 Å². The molecule has 2 aromatic rings. The summed E-state index contributed by atoms with van der Waals surface area (Å²) in [5, 5.41) is 0. The number of halogens is 1. The van der Waals surface area contributed by atoms with Crippen molar-refractivity contribution in [3.8, 4) is 11.3 Å². The Balaban J connectivity index is 1.58. The molecule has 2 aliphatic rings. The van der Waals surface area contributed by atoms with E-state index in [9.17, 15) is 9.18 Å². The van der Waals surface area contributed by atoms with Gasteiger partial charge >= 0.3 is 0 Å². The second-order valence-electron chi connectivity index (χ2n) is 7.01. The number of nitrogens with zero attached hydrogens (tertiary/aromatic N) is 4. The van der Waals surface area contributed by atoms with Gasteiger partial charge in [0, 0.05) is 32.2 Å². The normalized spacial score (nSPS) is 19.7. The molecule has 0 radical (unpaired) electrons. The first-order chi connectivity index (χ1) is 12.1. The van der Waals surface area contributed by atoms with Crippen molar-refractivity contribution in [3.63, 3.8) is 0 Å². The van der Waals surface area contributed by atoms with Gasteiger partial charge in [0.25, 0.3) is 0 Å². The number of carbonyl (C=O) groups excluding carboxylic acids is 1. The predicted octanol–water partition coefficient (Wildman–Crippen LogP) is 2.73. The van der Waals surface area contributed by atoms with Gasteiger partial charge in [-0.1, -0.05) is 0 Å². The topological polar surface area (TPSA) is 49.3 Å². The standard InChI is InChI=1S/C19H21FN4O/c1-23-9-6-19(18(23)25)7-10-24(11-8-19)16-12-21-13-22-17(16)14-2-4-15(20)5-3-14/h2-5,12-13H,6-11H2,1H3. The summed E-state index contributed by atoms with van der Waals surface area (Å²) in [6, 6.07) is 6.36. The van der Waals surface area contributed by atoms with Crippen molar-refractivity contribution in [3.05, 3.63) is 42.6 Å². The van der Waals surface area contributed by atoms with Crippen molar-refractivity contribution >= 4 is 11.6 Å². The molecule has 2 saturated heterocycles. The van der Waals surface area contributed by atoms with Crippen LogP contribution >= 0.6 is 0 Å². The van der Waals surface area contributed by atoms with Crippen LogP contribution in [-0.4, -0.2) is 47.5 Å². The first kappa shape index (κ1) is 16.0. The van der Waals surface area contributed by atoms with E-state index in [1.165, 1.54) is 18.5 Å². The lowest BCUT2D eigenvalue weighted by Crippen LogP contribution is -2.44. The van der Waals surface area contributed by atoms with Gasteiger partial charge in [0.05, 0.1) is 23.0 Å². The Labute approximate surface area is 146 Å². The maximum atomic E-state index is 13.2. The molecule has 0 unspecified atom stereocenters. The molecule has 1 aromatic carbocycles. The smallest absolute Gasteiger partial charge is 0.228 e. The molecule has 0 saturated carbocycles. The Kier molecular flexibility index (Phi) is 3.90. The van der Waals surface area contributed by atoms with Gasteiger partial charge in [0.1, 0.15) is 12.1 Å². The minimum Gasteiger partial charge on any atom is -0.368 e. The monoisotopic (exact) mass is 340 g/mol. The molecule has 0 N–H and O–H groups in total. The molecule has 0 bridgehead atoms. The number of aromatic nitrogens is 2. The predicted molar refractivity (Wildman–Crippen MR) is 93.6 cm³/mol. The highest BCUT2D eigenvalue weighted by molar-refractivity contribution is 5.85. The average Bonchev–Trinajstić information content (AvgIpc) is 2.92. The minimum atomic E-state index is -0.261. The number of rotatable bonds is 2. The van der Waals surface area contributed by atoms with Crippen LogP contribution < -0.4 is 4.90 Å². The Morgan fingerprint density at radius 3 is 2.40 bits per heavy atom. The largest absolute Gasteiger partial charge is 0.368 e. The third kappa shape index (κ3) is 2.75. The fourth-order valence-electron chi connectivity index (χ4n) is 4.02. The third-order valence-electron chi connectivity index (χ3n) is 5.60. The molecule has 0 atom stereocenters. The van der Waals surface area contributed by atoms with Crippen molar-refractivity contribution in [2.75, 3.05) is 31.6 Å². The first-order valence-corrected chi connectivity index (χ1v) is 8.66. The highest BCUT2D eigenvalue weighted by atomic mass is 19.1. The average molecular weight is 340 g/mol. The van der Waals surface area contributed by atoms with Crippen LogP contribution in [0.15, 0.2) is 36.8 Å². The summed E-state index contributed by atoms with van der Waals surface area (Å²) in [4.78, 5) is 25.2. The Morgan fingerprint density at radius 2 is 1.76 bits per heavy atom. The fourth-order valence-corrected chi connectivity index (χ4v) is 4.02. The molecular formula is C19H21FN4O. The molecule has 2 fully saturated rings. The van der Waals surface area contributed by atoms with E-state index in [0.29, 0.717) is 0 Å². The number of carbonyl (C=O) groups is 1. The third-order valence-corrected chi connectivity index (χ3v) is 5.60. The maximum Gasteiger partial charge on any atom is 0.228 e. The van der Waals surface area contributed by atoms with E-state index in [4.69, 9.17) is 0 Å². The molecule has 1 spiro atoms. The zero-order valence-corrected chi connectivity index (χ0v) is 14.3. The maximum absolute atomic E-state index is 13.2. The van der Waals surface area contributed by atoms with Gasteiger partial charge in [-0.25, -0.2) is 14.4 Å². The SMILES string of the molecule is CN1CCC2(CCN(c3cncnc3-c3ccc(F)cc3)CC2)C1=O. The molecule has 6 heteroatoms. The van der Waals surface area contributed by atoms with Gasteiger partial charge in [0.15, 0.2) is 0 Å². The molecule has 0 aliphatic carbocycles. The molecule has 130 valence electrons. The van der Waals surface area contributed by atoms with Crippen molar-refractivity contribution in [1.82, 2.24) is 14.9 Å². The number of hydrogen-bond acceptors (Lipinski definition) is 4. The van der Waals surface area contributed by atoms with Crippen LogP contribution in [0.5, 0.6) is 0 Å². The van der Waals surface area contributed by atoms with Gasteiger partial charge < -0.3 is 9.80 Å². The number of hydrogen-bond donors (Lipinski definition) is 0. The Hall–Kier alpha value is -2.50. The molecule has 3 heterocycles. The van der Waals surface area contributed by atoms with Gasteiger partial charge in [-0.15, -0.1) is 0 Å². The zero-order chi connectivity index (χ0) is 17.4. The molecule has 2 aliphatic heterocycles. The molecular weight excluding hydrogens is 319 g/mol. The summed E-state index contributed by atoms with van der Waals surface area (Å²) in [6.07, 6.45) is 5.99. The van der Waals surface area contributed by atoms with Gasteiger partial charge in [0.2, 0.25) is 5.91 Å². The van der Waals surface area contributed by atoms with Crippen LogP contribution in [0.1, 0.15) is 19.3 Å². The summed E-state index contributed by atoms with van der Waals surface area (Å²) >= 11 is 0. The van der Waals surface area contributed by atoms with E-state index >= 15 is 0 Å². The second-order valence-corrected chi connectivity index (χ2v) is 7.01. The van der Waals surface area contributed by atoms with E-state index in [2.05, 4.69) is 14.9 Å². The van der Waals surface area contributed by atoms with E-state index in [1.54, 1.807) is 12.1 Å². The second kappa shape index (κ2) is 6.10. The zero-order valence-electron chi connectivity index (χ0n) is 14.3. The molecule has 1 aromatic heterocycles. The first-order valence-electron chi connectivity index (χ1n) is 8.66. The lowest BCUT2D eigenvalue weighted by Gasteiger charge is -2.39. The van der Waals surface area contributed by atoms with Gasteiger partial charge in [-0.3, -0.25) is 4.79 Å². The van der Waals surface area contributed by atoms with E-state index < -0.39 is 0 Å². The number of anilines is 1. The van der Waals surface area contributed by atoms with E-state index in [-0.39, 0.29) is 17.1 Å². The lowest BCUT2D eigenvalue weighted by molar-refractivity contribution is -0.135. The molecule has 4 rings (SSSR count). The van der Waals surface area contributed by atoms with E-state index in [0.717, 1.165) is 55.8 Å². The van der Waals surface area contributed by atoms with E-state index in [1.807, 2.05) is 18.1 Å². The highest BCUT2D eigenvalue weighted by Crippen LogP contribution is 2.42. The van der Waals surface area contributed by atoms with Crippen LogP contribution in [0.2, 0.25) is 0 Å². The van der Waals surface area contributed by atoms with Crippen LogP contribution in [0.25, 0.3) is 11.3 Å². The van der Waals surface area contributed by atoms with Gasteiger partial charge in [-0.05, 0) is 43.5 Å². The van der Waals surface area contributed by atoms with Gasteiger partial charge in [-0.2, -0.15) is 0 Å². The number of amides is 1. The van der Waals surface area contributed by atoms with Crippen molar-refractivity contribution in [1.29, 1.82) is 0 Å². The summed E-state index contributed by atoms with van der Waals surface area (Å²) in [7, 11) is 1.89. The highest BCUT2D eigenvalue weighted by Gasteiger charge is 2.47. The van der Waals surface area contributed by atoms with Crippen molar-refractivity contribution < 1.29 is 9.18 Å². The molecule has 1 amide bonds. The number of benzene rings is 1. The Morgan fingerprint density at radius 1 is 1.08 bits per heavy atom. The van der Waals surface area contributed by atoms with Crippen LogP contribution in [-0.2, 0) is 4.79 Å². The van der Waals surface area contributed by atoms with Crippen LogP contribution in [0.4, 0.5) is 10.1 Å². The number of likely N-dealkylation sites (tertiary alicyclic amines) is 1. The molecule has 25 heavy (non-hydrogen) atoms. The summed E-state index contributed by atoms with van der Waals surface area (Å²) < 4.78 is 13.2. The lowest BCUT2D eigenvalue weighted by atomic mass is 9.77. The van der Waals surface area contributed by atoms with Crippen LogP contribution in [0.3, 0.4) is 0 Å². The Bertz CT molecular complexity index is 784. The summed E-state index contributed by atoms with van der Waals surface area (Å²) in [5.41, 5.74) is 2.44. The van der Waals surface area contributed by atoms with Crippen molar-refractivity contribution in [2.45, 2.75) is 19.3 Å². The summed E-state index contributed by atoms with van der Waals surface area (Å²) in [5.74, 6) is 0.0263. The molecule has 5 nitrogen and oxygen atoms in total.